The Hall–Kier alpha value is -1.13. The lowest BCUT2D eigenvalue weighted by Gasteiger charge is -2.21. The van der Waals surface area contributed by atoms with Crippen LogP contribution in [0, 0.1) is 6.92 Å². The molecule has 2 heterocycles. The largest absolute Gasteiger partial charge is 0.370 e. The molecule has 1 aromatic heterocycles. The molecule has 0 spiro atoms. The Morgan fingerprint density at radius 2 is 2.12 bits per heavy atom. The maximum atomic E-state index is 5.24. The number of aromatic nitrogens is 1. The smallest absolute Gasteiger partial charge is 0.200 e. The molecule has 0 aromatic carbocycles. The molecule has 0 aliphatic carbocycles. The predicted octanol–water partition coefficient (Wildman–Crippen LogP) is 2.04. The highest BCUT2D eigenvalue weighted by Crippen LogP contribution is 2.26. The lowest BCUT2D eigenvalue weighted by molar-refractivity contribution is -0.108. The Balaban J connectivity index is 2.38. The molecule has 0 atom stereocenters. The first-order valence-electron chi connectivity index (χ1n) is 5.56. The standard InChI is InChI=1S/C12H18N2O2/c1-8-7-9-5-4-6-13-11(9)14-10(8)12(15-2)16-3/h7,12H,4-6H2,1-3H3,(H,13,14). The monoisotopic (exact) mass is 222 g/mol. The Morgan fingerprint density at radius 3 is 2.81 bits per heavy atom. The van der Waals surface area contributed by atoms with Crippen molar-refractivity contribution in [1.29, 1.82) is 0 Å². The van der Waals surface area contributed by atoms with Crippen LogP contribution in [0.2, 0.25) is 0 Å². The van der Waals surface area contributed by atoms with Crippen LogP contribution in [0.4, 0.5) is 5.82 Å². The van der Waals surface area contributed by atoms with E-state index < -0.39 is 0 Å². The zero-order valence-electron chi connectivity index (χ0n) is 10.0. The number of fused-ring (bicyclic) bond motifs is 1. The first-order valence-corrected chi connectivity index (χ1v) is 5.56. The van der Waals surface area contributed by atoms with Crippen molar-refractivity contribution in [2.24, 2.45) is 0 Å². The fourth-order valence-electron chi connectivity index (χ4n) is 2.07. The van der Waals surface area contributed by atoms with Crippen LogP contribution in [0.15, 0.2) is 6.07 Å². The van der Waals surface area contributed by atoms with Gasteiger partial charge in [-0.05, 0) is 30.9 Å². The van der Waals surface area contributed by atoms with Crippen molar-refractivity contribution >= 4 is 5.82 Å². The summed E-state index contributed by atoms with van der Waals surface area (Å²) in [7, 11) is 3.25. The summed E-state index contributed by atoms with van der Waals surface area (Å²) in [5.74, 6) is 0.978. The molecule has 0 radical (unpaired) electrons. The molecule has 2 rings (SSSR count). The van der Waals surface area contributed by atoms with Crippen LogP contribution < -0.4 is 5.32 Å². The fourth-order valence-corrected chi connectivity index (χ4v) is 2.07. The van der Waals surface area contributed by atoms with Crippen molar-refractivity contribution in [3.8, 4) is 0 Å². The fraction of sp³-hybridized carbons (Fsp3) is 0.583. The van der Waals surface area contributed by atoms with E-state index >= 15 is 0 Å². The van der Waals surface area contributed by atoms with Gasteiger partial charge in [0.15, 0.2) is 0 Å². The van der Waals surface area contributed by atoms with Crippen LogP contribution in [0.1, 0.15) is 29.5 Å². The van der Waals surface area contributed by atoms with Gasteiger partial charge in [-0.1, -0.05) is 6.07 Å². The molecule has 0 fully saturated rings. The van der Waals surface area contributed by atoms with Gasteiger partial charge in [-0.3, -0.25) is 0 Å². The van der Waals surface area contributed by atoms with Crippen molar-refractivity contribution in [1.82, 2.24) is 4.98 Å². The molecule has 0 saturated carbocycles. The molecule has 1 N–H and O–H groups in total. The average molecular weight is 222 g/mol. The molecule has 88 valence electrons. The number of aryl methyl sites for hydroxylation is 2. The third-order valence-electron chi connectivity index (χ3n) is 2.90. The second-order valence-corrected chi connectivity index (χ2v) is 4.03. The molecule has 16 heavy (non-hydrogen) atoms. The second-order valence-electron chi connectivity index (χ2n) is 4.03. The number of nitrogens with one attached hydrogen (secondary N) is 1. The molecule has 1 aliphatic heterocycles. The van der Waals surface area contributed by atoms with E-state index in [1.165, 1.54) is 12.0 Å². The summed E-state index contributed by atoms with van der Waals surface area (Å²) in [6.45, 7) is 3.04. The van der Waals surface area contributed by atoms with Crippen LogP contribution in [0.25, 0.3) is 0 Å². The molecule has 0 unspecified atom stereocenters. The highest BCUT2D eigenvalue weighted by molar-refractivity contribution is 5.49. The summed E-state index contributed by atoms with van der Waals surface area (Å²) in [5, 5.41) is 3.31. The number of hydrogen-bond donors (Lipinski definition) is 1. The van der Waals surface area contributed by atoms with E-state index in [2.05, 4.69) is 16.4 Å². The number of ether oxygens (including phenoxy) is 2. The third kappa shape index (κ3) is 2.03. The van der Waals surface area contributed by atoms with Crippen molar-refractivity contribution in [3.05, 3.63) is 22.9 Å². The van der Waals surface area contributed by atoms with Gasteiger partial charge >= 0.3 is 0 Å². The maximum absolute atomic E-state index is 5.24. The van der Waals surface area contributed by atoms with Crippen molar-refractivity contribution < 1.29 is 9.47 Å². The number of anilines is 1. The van der Waals surface area contributed by atoms with Gasteiger partial charge in [0, 0.05) is 20.8 Å². The zero-order chi connectivity index (χ0) is 11.5. The molecule has 0 amide bonds. The van der Waals surface area contributed by atoms with Gasteiger partial charge in [-0.2, -0.15) is 0 Å². The molecular weight excluding hydrogens is 204 g/mol. The Morgan fingerprint density at radius 1 is 1.38 bits per heavy atom. The summed E-state index contributed by atoms with van der Waals surface area (Å²) in [6.07, 6.45) is 1.89. The van der Waals surface area contributed by atoms with E-state index in [1.807, 2.05) is 6.92 Å². The van der Waals surface area contributed by atoms with Gasteiger partial charge in [-0.25, -0.2) is 4.98 Å². The van der Waals surface area contributed by atoms with E-state index in [0.29, 0.717) is 0 Å². The van der Waals surface area contributed by atoms with Crippen LogP contribution in [-0.4, -0.2) is 25.7 Å². The van der Waals surface area contributed by atoms with E-state index in [0.717, 1.165) is 30.0 Å². The quantitative estimate of drug-likeness (QED) is 0.795. The first kappa shape index (κ1) is 11.4. The predicted molar refractivity (Wildman–Crippen MR) is 62.5 cm³/mol. The lowest BCUT2D eigenvalue weighted by atomic mass is 10.0. The Bertz CT molecular complexity index is 376. The third-order valence-corrected chi connectivity index (χ3v) is 2.90. The molecule has 0 saturated heterocycles. The highest BCUT2D eigenvalue weighted by Gasteiger charge is 2.18. The van der Waals surface area contributed by atoms with Gasteiger partial charge in [0.2, 0.25) is 6.29 Å². The topological polar surface area (TPSA) is 43.4 Å². The second kappa shape index (κ2) is 4.80. The zero-order valence-corrected chi connectivity index (χ0v) is 10.0. The molecule has 1 aliphatic rings. The van der Waals surface area contributed by atoms with Gasteiger partial charge in [-0.15, -0.1) is 0 Å². The van der Waals surface area contributed by atoms with E-state index in [-0.39, 0.29) is 6.29 Å². The van der Waals surface area contributed by atoms with Gasteiger partial charge in [0.05, 0.1) is 0 Å². The Kier molecular flexibility index (Phi) is 3.41. The number of pyridine rings is 1. The average Bonchev–Trinajstić information content (AvgIpc) is 2.31. The Labute approximate surface area is 96.0 Å². The van der Waals surface area contributed by atoms with Crippen LogP contribution >= 0.6 is 0 Å². The van der Waals surface area contributed by atoms with Crippen molar-refractivity contribution in [2.45, 2.75) is 26.1 Å². The SMILES string of the molecule is COC(OC)c1nc2c(cc1C)CCCN2. The minimum absolute atomic E-state index is 0.381. The van der Waals surface area contributed by atoms with Gasteiger partial charge < -0.3 is 14.8 Å². The minimum atomic E-state index is -0.381. The van der Waals surface area contributed by atoms with E-state index in [1.54, 1.807) is 14.2 Å². The summed E-state index contributed by atoms with van der Waals surface area (Å²) in [4.78, 5) is 4.59. The number of nitrogens with zero attached hydrogens (tertiary/aromatic N) is 1. The van der Waals surface area contributed by atoms with E-state index in [4.69, 9.17) is 9.47 Å². The molecule has 4 heteroatoms. The van der Waals surface area contributed by atoms with E-state index in [9.17, 15) is 0 Å². The normalized spacial score (nSPS) is 14.8. The van der Waals surface area contributed by atoms with Crippen LogP contribution in [0.5, 0.6) is 0 Å². The molecule has 0 bridgehead atoms. The summed E-state index contributed by atoms with van der Waals surface area (Å²) in [6, 6.07) is 2.18. The van der Waals surface area contributed by atoms with Gasteiger partial charge in [0.25, 0.3) is 0 Å². The maximum Gasteiger partial charge on any atom is 0.200 e. The summed E-state index contributed by atoms with van der Waals surface area (Å²) >= 11 is 0. The lowest BCUT2D eigenvalue weighted by Crippen LogP contribution is -2.17. The summed E-state index contributed by atoms with van der Waals surface area (Å²) in [5.41, 5.74) is 3.27. The van der Waals surface area contributed by atoms with Crippen LogP contribution in [0.3, 0.4) is 0 Å². The van der Waals surface area contributed by atoms with Crippen molar-refractivity contribution in [2.75, 3.05) is 26.1 Å². The molecule has 4 nitrogen and oxygen atoms in total. The first-order chi connectivity index (χ1) is 7.76. The molecular formula is C12H18N2O2. The summed E-state index contributed by atoms with van der Waals surface area (Å²) < 4.78 is 10.5. The highest BCUT2D eigenvalue weighted by atomic mass is 16.7. The molecule has 1 aromatic rings. The number of methoxy groups -OCH3 is 2. The van der Waals surface area contributed by atoms with Gasteiger partial charge in [0.1, 0.15) is 11.5 Å². The minimum Gasteiger partial charge on any atom is -0.370 e. The number of rotatable bonds is 3. The van der Waals surface area contributed by atoms with Crippen molar-refractivity contribution in [3.63, 3.8) is 0 Å². The number of hydrogen-bond acceptors (Lipinski definition) is 4. The van der Waals surface area contributed by atoms with Crippen LogP contribution in [-0.2, 0) is 15.9 Å².